The summed E-state index contributed by atoms with van der Waals surface area (Å²) in [4.78, 5) is 14.7. The summed E-state index contributed by atoms with van der Waals surface area (Å²) in [5.41, 5.74) is 12.7. The Kier molecular flexibility index (Phi) is 2.24. The van der Waals surface area contributed by atoms with E-state index in [4.69, 9.17) is 16.6 Å². The summed E-state index contributed by atoms with van der Waals surface area (Å²) in [6.07, 6.45) is 0.227. The molecule has 0 fully saturated rings. The Morgan fingerprint density at radius 2 is 2.12 bits per heavy atom. The maximum Gasteiger partial charge on any atom is 0.418 e. The van der Waals surface area contributed by atoms with Gasteiger partial charge in [-0.1, -0.05) is 12.1 Å². The van der Waals surface area contributed by atoms with Crippen molar-refractivity contribution < 1.29 is 9.90 Å². The Balaban J connectivity index is 2.60. The minimum atomic E-state index is -1.17. The van der Waals surface area contributed by atoms with E-state index >= 15 is 0 Å². The third-order valence-electron chi connectivity index (χ3n) is 2.16. The van der Waals surface area contributed by atoms with E-state index in [1.54, 1.807) is 24.3 Å². The number of benzene rings is 1. The number of anilines is 2. The quantitative estimate of drug-likeness (QED) is 0.624. The molecule has 5 N–H and O–H groups in total. The molecule has 1 aromatic carbocycles. The van der Waals surface area contributed by atoms with Gasteiger partial charge in [0.1, 0.15) is 0 Å². The Morgan fingerprint density at radius 1 is 1.38 bits per heavy atom. The van der Waals surface area contributed by atoms with E-state index in [1.165, 1.54) is 6.20 Å². The molecule has 0 unspecified atom stereocenters. The highest BCUT2D eigenvalue weighted by Gasteiger charge is 2.14. The molecule has 0 aliphatic rings. The molecule has 6 nitrogen and oxygen atoms in total. The number of nitrogen functional groups attached to an aromatic ring is 2. The molecule has 0 aliphatic heterocycles. The van der Waals surface area contributed by atoms with Crippen LogP contribution in [0.3, 0.4) is 0 Å². The molecule has 0 saturated heterocycles. The van der Waals surface area contributed by atoms with Gasteiger partial charge < -0.3 is 16.6 Å². The Bertz CT molecular complexity index is 548. The molecule has 16 heavy (non-hydrogen) atoms. The Hall–Kier alpha value is -2.50. The molecule has 0 aliphatic carbocycles. The summed E-state index contributed by atoms with van der Waals surface area (Å²) in [7, 11) is 0. The van der Waals surface area contributed by atoms with Crippen LogP contribution in [0.4, 0.5) is 16.4 Å². The first-order valence-corrected chi connectivity index (χ1v) is 4.52. The Labute approximate surface area is 91.1 Å². The highest BCUT2D eigenvalue weighted by Crippen LogP contribution is 2.23. The second-order valence-electron chi connectivity index (χ2n) is 3.25. The van der Waals surface area contributed by atoms with Crippen LogP contribution in [0.2, 0.25) is 0 Å². The summed E-state index contributed by atoms with van der Waals surface area (Å²) in [5.74, 6) is -0.0649. The van der Waals surface area contributed by atoms with Crippen LogP contribution < -0.4 is 11.5 Å². The molecule has 0 bridgehead atoms. The van der Waals surface area contributed by atoms with Crippen LogP contribution in [0, 0.1) is 0 Å². The average Bonchev–Trinajstić information content (AvgIpc) is 2.60. The fourth-order valence-electron chi connectivity index (χ4n) is 1.47. The van der Waals surface area contributed by atoms with E-state index in [1.807, 2.05) is 0 Å². The number of nitrogens with zero attached hydrogens (tertiary/aromatic N) is 2. The smallest absolute Gasteiger partial charge is 0.418 e. The molecule has 1 aromatic heterocycles. The number of rotatable bonds is 1. The topological polar surface area (TPSA) is 107 Å². The molecule has 0 spiro atoms. The lowest BCUT2D eigenvalue weighted by Crippen LogP contribution is -2.12. The molecule has 0 radical (unpaired) electrons. The van der Waals surface area contributed by atoms with E-state index in [0.717, 1.165) is 4.57 Å². The third kappa shape index (κ3) is 1.56. The van der Waals surface area contributed by atoms with Crippen LogP contribution in [-0.4, -0.2) is 20.8 Å². The first kappa shape index (κ1) is 10.0. The van der Waals surface area contributed by atoms with Gasteiger partial charge in [0, 0.05) is 11.3 Å². The van der Waals surface area contributed by atoms with Crippen LogP contribution in [0.1, 0.15) is 0 Å². The first-order valence-electron chi connectivity index (χ1n) is 4.52. The SMILES string of the molecule is Nc1cccc(-c2cnc(N)n2C(=O)O)c1. The zero-order chi connectivity index (χ0) is 11.7. The van der Waals surface area contributed by atoms with Gasteiger partial charge in [0.05, 0.1) is 11.9 Å². The van der Waals surface area contributed by atoms with Crippen LogP contribution >= 0.6 is 0 Å². The number of hydrogen-bond acceptors (Lipinski definition) is 4. The van der Waals surface area contributed by atoms with Gasteiger partial charge in [-0.2, -0.15) is 0 Å². The molecule has 1 heterocycles. The molecule has 2 rings (SSSR count). The molecule has 6 heteroatoms. The van der Waals surface area contributed by atoms with Gasteiger partial charge in [0.25, 0.3) is 0 Å². The van der Waals surface area contributed by atoms with E-state index in [0.29, 0.717) is 16.9 Å². The van der Waals surface area contributed by atoms with Crippen molar-refractivity contribution >= 4 is 17.7 Å². The maximum absolute atomic E-state index is 11.0. The number of aromatic nitrogens is 2. The number of carbonyl (C=O) groups is 1. The van der Waals surface area contributed by atoms with E-state index in [-0.39, 0.29) is 5.95 Å². The predicted molar refractivity (Wildman–Crippen MR) is 59.9 cm³/mol. The predicted octanol–water partition coefficient (Wildman–Crippen LogP) is 1.24. The first-order chi connectivity index (χ1) is 7.59. The summed E-state index contributed by atoms with van der Waals surface area (Å²) in [6, 6.07) is 6.86. The second kappa shape index (κ2) is 3.58. The van der Waals surface area contributed by atoms with Crippen molar-refractivity contribution in [1.29, 1.82) is 0 Å². The highest BCUT2D eigenvalue weighted by atomic mass is 16.4. The summed E-state index contributed by atoms with van der Waals surface area (Å²) in [6.45, 7) is 0. The largest absolute Gasteiger partial charge is 0.464 e. The van der Waals surface area contributed by atoms with Crippen molar-refractivity contribution in [2.24, 2.45) is 0 Å². The number of carboxylic acid groups (broad SMARTS) is 1. The van der Waals surface area contributed by atoms with Crippen LogP contribution in [0.15, 0.2) is 30.5 Å². The number of nitrogens with two attached hydrogens (primary N) is 2. The lowest BCUT2D eigenvalue weighted by molar-refractivity contribution is 0.197. The zero-order valence-corrected chi connectivity index (χ0v) is 8.29. The lowest BCUT2D eigenvalue weighted by atomic mass is 10.1. The van der Waals surface area contributed by atoms with Crippen molar-refractivity contribution in [3.63, 3.8) is 0 Å². The molecular formula is C10H10N4O2. The van der Waals surface area contributed by atoms with Gasteiger partial charge in [0.2, 0.25) is 5.95 Å². The maximum atomic E-state index is 11.0. The van der Waals surface area contributed by atoms with Crippen LogP contribution in [0.5, 0.6) is 0 Å². The van der Waals surface area contributed by atoms with Gasteiger partial charge in [-0.25, -0.2) is 14.3 Å². The number of imidazole rings is 1. The normalized spacial score (nSPS) is 10.2. The van der Waals surface area contributed by atoms with Crippen LogP contribution in [-0.2, 0) is 0 Å². The van der Waals surface area contributed by atoms with Gasteiger partial charge in [0.15, 0.2) is 0 Å². The number of hydrogen-bond donors (Lipinski definition) is 3. The fraction of sp³-hybridized carbons (Fsp3) is 0. The molecule has 82 valence electrons. The van der Waals surface area contributed by atoms with Gasteiger partial charge in [-0.3, -0.25) is 0 Å². The molecule has 0 amide bonds. The second-order valence-corrected chi connectivity index (χ2v) is 3.25. The fourth-order valence-corrected chi connectivity index (χ4v) is 1.47. The van der Waals surface area contributed by atoms with Crippen molar-refractivity contribution in [3.05, 3.63) is 30.5 Å². The molecule has 0 atom stereocenters. The zero-order valence-electron chi connectivity index (χ0n) is 8.29. The standard InChI is InChI=1S/C10H10N4O2/c11-7-3-1-2-6(4-7)8-5-13-9(12)14(8)10(15)16/h1-5H,11H2,(H2,12,13)(H,15,16). The summed E-state index contributed by atoms with van der Waals surface area (Å²) >= 11 is 0. The summed E-state index contributed by atoms with van der Waals surface area (Å²) in [5, 5.41) is 8.98. The van der Waals surface area contributed by atoms with Crippen molar-refractivity contribution in [1.82, 2.24) is 9.55 Å². The molecule has 2 aromatic rings. The van der Waals surface area contributed by atoms with Gasteiger partial charge in [-0.05, 0) is 12.1 Å². The third-order valence-corrected chi connectivity index (χ3v) is 2.16. The monoisotopic (exact) mass is 218 g/mol. The van der Waals surface area contributed by atoms with E-state index in [2.05, 4.69) is 4.98 Å². The van der Waals surface area contributed by atoms with Crippen LogP contribution in [0.25, 0.3) is 11.3 Å². The van der Waals surface area contributed by atoms with Crippen molar-refractivity contribution in [2.45, 2.75) is 0 Å². The summed E-state index contributed by atoms with van der Waals surface area (Å²) < 4.78 is 0.911. The van der Waals surface area contributed by atoms with E-state index in [9.17, 15) is 4.79 Å². The lowest BCUT2D eigenvalue weighted by Gasteiger charge is -2.04. The minimum absolute atomic E-state index is 0.0649. The van der Waals surface area contributed by atoms with Crippen molar-refractivity contribution in [3.8, 4) is 11.3 Å². The van der Waals surface area contributed by atoms with Gasteiger partial charge >= 0.3 is 6.09 Å². The van der Waals surface area contributed by atoms with Gasteiger partial charge in [-0.15, -0.1) is 0 Å². The van der Waals surface area contributed by atoms with Crippen molar-refractivity contribution in [2.75, 3.05) is 11.5 Å². The Morgan fingerprint density at radius 3 is 2.75 bits per heavy atom. The van der Waals surface area contributed by atoms with E-state index < -0.39 is 6.09 Å². The highest BCUT2D eigenvalue weighted by molar-refractivity contribution is 5.80. The molecular weight excluding hydrogens is 208 g/mol. The minimum Gasteiger partial charge on any atom is -0.464 e. The average molecular weight is 218 g/mol. The molecule has 0 saturated carbocycles.